The summed E-state index contributed by atoms with van der Waals surface area (Å²) in [6.45, 7) is 9.39. The molecule has 1 aromatic heterocycles. The first-order chi connectivity index (χ1) is 11.0. The highest BCUT2D eigenvalue weighted by Crippen LogP contribution is 2.21. The van der Waals surface area contributed by atoms with Crippen LogP contribution in [0.3, 0.4) is 0 Å². The second-order valence-electron chi connectivity index (χ2n) is 5.21. The van der Waals surface area contributed by atoms with Crippen molar-refractivity contribution >= 4 is 28.9 Å². The second-order valence-corrected chi connectivity index (χ2v) is 5.21. The van der Waals surface area contributed by atoms with Crippen LogP contribution < -0.4 is 15.5 Å². The number of nitrogens with one attached hydrogen (secondary N) is 2. The maximum absolute atomic E-state index is 11.0. The van der Waals surface area contributed by atoms with Gasteiger partial charge in [-0.25, -0.2) is 9.97 Å². The Hall–Kier alpha value is -2.63. The van der Waals surface area contributed by atoms with Crippen LogP contribution in [0.1, 0.15) is 26.6 Å². The fraction of sp³-hybridized carbons (Fsp3) is 0.353. The van der Waals surface area contributed by atoms with E-state index in [1.54, 1.807) is 0 Å². The molecule has 0 unspecified atom stereocenters. The Kier molecular flexibility index (Phi) is 5.51. The Morgan fingerprint density at radius 1 is 1.09 bits per heavy atom. The number of anilines is 4. The Bertz CT molecular complexity index is 665. The van der Waals surface area contributed by atoms with Gasteiger partial charge in [0.1, 0.15) is 17.5 Å². The van der Waals surface area contributed by atoms with E-state index in [0.717, 1.165) is 41.9 Å². The zero-order valence-corrected chi connectivity index (χ0v) is 14.1. The maximum Gasteiger partial charge on any atom is 0.221 e. The van der Waals surface area contributed by atoms with Crippen molar-refractivity contribution in [1.29, 1.82) is 0 Å². The average Bonchev–Trinajstić information content (AvgIpc) is 2.49. The molecule has 6 heteroatoms. The van der Waals surface area contributed by atoms with Gasteiger partial charge in [0.05, 0.1) is 0 Å². The van der Waals surface area contributed by atoms with Crippen LogP contribution in [0.25, 0.3) is 0 Å². The number of amides is 1. The molecule has 0 atom stereocenters. The SMILES string of the molecule is CCN(CC)c1cc(Nc2ccc(NC(C)=O)cc2)nc(C)n1. The lowest BCUT2D eigenvalue weighted by molar-refractivity contribution is -0.114. The van der Waals surface area contributed by atoms with Crippen molar-refractivity contribution in [3.05, 3.63) is 36.2 Å². The highest BCUT2D eigenvalue weighted by molar-refractivity contribution is 5.88. The van der Waals surface area contributed by atoms with Crippen molar-refractivity contribution in [2.75, 3.05) is 28.6 Å². The number of carbonyl (C=O) groups excluding carboxylic acids is 1. The number of benzene rings is 1. The highest BCUT2D eigenvalue weighted by atomic mass is 16.1. The van der Waals surface area contributed by atoms with E-state index < -0.39 is 0 Å². The molecule has 0 saturated heterocycles. The molecule has 2 rings (SSSR count). The number of aryl methyl sites for hydroxylation is 1. The standard InChI is InChI=1S/C17H23N5O/c1-5-22(6-2)17-11-16(18-12(3)19-17)21-15-9-7-14(8-10-15)20-13(4)23/h7-11H,5-6H2,1-4H3,(H,20,23)(H,18,19,21). The second kappa shape index (κ2) is 7.58. The van der Waals surface area contributed by atoms with Crippen molar-refractivity contribution in [2.45, 2.75) is 27.7 Å². The van der Waals surface area contributed by atoms with Gasteiger partial charge < -0.3 is 15.5 Å². The van der Waals surface area contributed by atoms with Gasteiger partial charge >= 0.3 is 0 Å². The van der Waals surface area contributed by atoms with Crippen molar-refractivity contribution in [1.82, 2.24) is 9.97 Å². The largest absolute Gasteiger partial charge is 0.357 e. The lowest BCUT2D eigenvalue weighted by Gasteiger charge is -2.20. The monoisotopic (exact) mass is 313 g/mol. The van der Waals surface area contributed by atoms with Crippen LogP contribution in [0.5, 0.6) is 0 Å². The summed E-state index contributed by atoms with van der Waals surface area (Å²) in [5, 5.41) is 6.02. The van der Waals surface area contributed by atoms with Crippen molar-refractivity contribution in [3.63, 3.8) is 0 Å². The zero-order valence-electron chi connectivity index (χ0n) is 14.1. The van der Waals surface area contributed by atoms with Crippen molar-refractivity contribution in [2.24, 2.45) is 0 Å². The molecule has 0 saturated carbocycles. The van der Waals surface area contributed by atoms with Gasteiger partial charge in [0.2, 0.25) is 5.91 Å². The third-order valence-corrected chi connectivity index (χ3v) is 3.39. The van der Waals surface area contributed by atoms with E-state index in [0.29, 0.717) is 0 Å². The number of hydrogen-bond acceptors (Lipinski definition) is 5. The Labute approximate surface area is 137 Å². The topological polar surface area (TPSA) is 70.2 Å². The number of hydrogen-bond donors (Lipinski definition) is 2. The molecule has 0 radical (unpaired) electrons. The molecule has 1 aromatic carbocycles. The Morgan fingerprint density at radius 2 is 1.70 bits per heavy atom. The van der Waals surface area contributed by atoms with E-state index in [1.165, 1.54) is 6.92 Å². The quantitative estimate of drug-likeness (QED) is 0.856. The molecule has 1 amide bonds. The van der Waals surface area contributed by atoms with Gasteiger partial charge in [0, 0.05) is 37.5 Å². The predicted molar refractivity (Wildman–Crippen MR) is 94.4 cm³/mol. The summed E-state index contributed by atoms with van der Waals surface area (Å²) in [6, 6.07) is 9.45. The molecule has 2 N–H and O–H groups in total. The van der Waals surface area contributed by atoms with Gasteiger partial charge in [-0.05, 0) is 45.0 Å². The maximum atomic E-state index is 11.0. The van der Waals surface area contributed by atoms with Crippen LogP contribution >= 0.6 is 0 Å². The lowest BCUT2D eigenvalue weighted by atomic mass is 10.2. The molecule has 1 heterocycles. The van der Waals surface area contributed by atoms with Crippen molar-refractivity contribution < 1.29 is 4.79 Å². The van der Waals surface area contributed by atoms with E-state index in [1.807, 2.05) is 37.3 Å². The van der Waals surface area contributed by atoms with E-state index in [-0.39, 0.29) is 5.91 Å². The smallest absolute Gasteiger partial charge is 0.221 e. The fourth-order valence-corrected chi connectivity index (χ4v) is 2.31. The molecule has 0 aliphatic carbocycles. The van der Waals surface area contributed by atoms with Gasteiger partial charge in [-0.15, -0.1) is 0 Å². The van der Waals surface area contributed by atoms with Crippen molar-refractivity contribution in [3.8, 4) is 0 Å². The summed E-state index contributed by atoms with van der Waals surface area (Å²) >= 11 is 0. The minimum Gasteiger partial charge on any atom is -0.357 e. The van der Waals surface area contributed by atoms with Crippen LogP contribution in [0, 0.1) is 6.92 Å². The summed E-state index contributed by atoms with van der Waals surface area (Å²) < 4.78 is 0. The van der Waals surface area contributed by atoms with Crippen LogP contribution in [0.4, 0.5) is 23.0 Å². The summed E-state index contributed by atoms with van der Waals surface area (Å²) in [6.07, 6.45) is 0. The Balaban J connectivity index is 2.17. The molecule has 2 aromatic rings. The molecular formula is C17H23N5O. The summed E-state index contributed by atoms with van der Waals surface area (Å²) in [4.78, 5) is 22.1. The average molecular weight is 313 g/mol. The first-order valence-electron chi connectivity index (χ1n) is 7.77. The molecule has 0 bridgehead atoms. The minimum absolute atomic E-state index is 0.0824. The van der Waals surface area contributed by atoms with Crippen LogP contribution in [-0.2, 0) is 4.79 Å². The minimum atomic E-state index is -0.0824. The van der Waals surface area contributed by atoms with E-state index in [2.05, 4.69) is 39.3 Å². The highest BCUT2D eigenvalue weighted by Gasteiger charge is 2.07. The molecule has 23 heavy (non-hydrogen) atoms. The summed E-state index contributed by atoms with van der Waals surface area (Å²) in [7, 11) is 0. The van der Waals surface area contributed by atoms with Gasteiger partial charge in [-0.1, -0.05) is 0 Å². The van der Waals surface area contributed by atoms with Gasteiger partial charge in [-0.2, -0.15) is 0 Å². The molecular weight excluding hydrogens is 290 g/mol. The van der Waals surface area contributed by atoms with Crippen LogP contribution in [0.15, 0.2) is 30.3 Å². The van der Waals surface area contributed by atoms with Gasteiger partial charge in [0.15, 0.2) is 0 Å². The van der Waals surface area contributed by atoms with E-state index in [9.17, 15) is 4.79 Å². The zero-order chi connectivity index (χ0) is 16.8. The lowest BCUT2D eigenvalue weighted by Crippen LogP contribution is -2.23. The van der Waals surface area contributed by atoms with E-state index in [4.69, 9.17) is 0 Å². The van der Waals surface area contributed by atoms with E-state index >= 15 is 0 Å². The number of rotatable bonds is 6. The third-order valence-electron chi connectivity index (χ3n) is 3.39. The fourth-order valence-electron chi connectivity index (χ4n) is 2.31. The van der Waals surface area contributed by atoms with Crippen LogP contribution in [-0.4, -0.2) is 29.0 Å². The summed E-state index contributed by atoms with van der Waals surface area (Å²) in [5.74, 6) is 2.32. The molecule has 122 valence electrons. The molecule has 0 spiro atoms. The Morgan fingerprint density at radius 3 is 2.26 bits per heavy atom. The number of carbonyl (C=O) groups is 1. The normalized spacial score (nSPS) is 10.3. The number of aromatic nitrogens is 2. The van der Waals surface area contributed by atoms with Crippen LogP contribution in [0.2, 0.25) is 0 Å². The predicted octanol–water partition coefficient (Wildman–Crippen LogP) is 3.33. The number of nitrogens with zero attached hydrogens (tertiary/aromatic N) is 3. The third kappa shape index (κ3) is 4.67. The molecule has 6 nitrogen and oxygen atoms in total. The summed E-state index contributed by atoms with van der Waals surface area (Å²) in [5.41, 5.74) is 1.67. The molecule has 0 aliphatic rings. The first-order valence-corrected chi connectivity index (χ1v) is 7.77. The van der Waals surface area contributed by atoms with Gasteiger partial charge in [0.25, 0.3) is 0 Å². The first kappa shape index (κ1) is 16.7. The molecule has 0 fully saturated rings. The molecule has 0 aliphatic heterocycles. The van der Waals surface area contributed by atoms with Gasteiger partial charge in [-0.3, -0.25) is 4.79 Å².